The summed E-state index contributed by atoms with van der Waals surface area (Å²) in [4.78, 5) is 21.1. The molecule has 0 radical (unpaired) electrons. The molecule has 28 heavy (non-hydrogen) atoms. The van der Waals surface area contributed by atoms with E-state index in [1.165, 1.54) is 5.69 Å². The summed E-state index contributed by atoms with van der Waals surface area (Å²) < 4.78 is 0. The van der Waals surface area contributed by atoms with Crippen LogP contribution < -0.4 is 15.1 Å². The summed E-state index contributed by atoms with van der Waals surface area (Å²) >= 11 is 0. The number of hydrogen-bond acceptors (Lipinski definition) is 5. The van der Waals surface area contributed by atoms with Gasteiger partial charge in [-0.15, -0.1) is 0 Å². The zero-order chi connectivity index (χ0) is 19.7. The fourth-order valence-corrected chi connectivity index (χ4v) is 4.05. The van der Waals surface area contributed by atoms with Crippen LogP contribution in [0.2, 0.25) is 0 Å². The number of rotatable bonds is 4. The van der Waals surface area contributed by atoms with Crippen LogP contribution in [0.4, 0.5) is 22.9 Å². The van der Waals surface area contributed by atoms with Crippen molar-refractivity contribution in [3.05, 3.63) is 42.1 Å². The molecule has 0 saturated carbocycles. The molecule has 6 heteroatoms. The van der Waals surface area contributed by atoms with Gasteiger partial charge in [-0.25, -0.2) is 4.98 Å². The van der Waals surface area contributed by atoms with Gasteiger partial charge in [-0.2, -0.15) is 0 Å². The predicted octanol–water partition coefficient (Wildman–Crippen LogP) is 3.47. The molecule has 1 aromatic heterocycles. The summed E-state index contributed by atoms with van der Waals surface area (Å²) in [5.41, 5.74) is 4.23. The Balaban J connectivity index is 1.50. The van der Waals surface area contributed by atoms with E-state index in [1.807, 2.05) is 43.1 Å². The van der Waals surface area contributed by atoms with Gasteiger partial charge in [-0.1, -0.05) is 0 Å². The van der Waals surface area contributed by atoms with E-state index in [0.29, 0.717) is 6.42 Å². The summed E-state index contributed by atoms with van der Waals surface area (Å²) in [6.07, 6.45) is 4.67. The molecule has 0 atom stereocenters. The molecule has 1 amide bonds. The number of nitrogens with zero attached hydrogens (tertiary/aromatic N) is 3. The van der Waals surface area contributed by atoms with Gasteiger partial charge in [0.2, 0.25) is 5.91 Å². The first-order valence-electron chi connectivity index (χ1n) is 10.1. The Labute approximate surface area is 166 Å². The molecule has 0 bridgehead atoms. The number of nitrogens with one attached hydrogen (secondary N) is 1. The predicted molar refractivity (Wildman–Crippen MR) is 112 cm³/mol. The Bertz CT molecular complexity index is 842. The minimum atomic E-state index is -0.162. The molecule has 4 rings (SSSR count). The van der Waals surface area contributed by atoms with Crippen LogP contribution >= 0.6 is 0 Å². The number of amides is 1. The maximum absolute atomic E-state index is 12.3. The standard InChI is InChI=1S/C22H28N4O2/c1-15(2)26-20-13-21(23-14-16(20)3-8-22(26)28)24-17-4-6-18(7-5-17)25-11-9-19(27)10-12-25/h4-7,13-15,19,27H,3,8-12H2,1-2H3,(H,23,24). The highest BCUT2D eigenvalue weighted by atomic mass is 16.3. The molecule has 0 spiro atoms. The Hall–Kier alpha value is -2.60. The average Bonchev–Trinajstić information content (AvgIpc) is 2.69. The van der Waals surface area contributed by atoms with Gasteiger partial charge in [0, 0.05) is 49.2 Å². The van der Waals surface area contributed by atoms with Crippen molar-refractivity contribution in [3.63, 3.8) is 0 Å². The number of carbonyl (C=O) groups excluding carboxylic acids is 1. The van der Waals surface area contributed by atoms with Gasteiger partial charge >= 0.3 is 0 Å². The van der Waals surface area contributed by atoms with Crippen LogP contribution in [0.15, 0.2) is 36.5 Å². The van der Waals surface area contributed by atoms with E-state index in [-0.39, 0.29) is 18.1 Å². The highest BCUT2D eigenvalue weighted by Crippen LogP contribution is 2.32. The number of anilines is 4. The topological polar surface area (TPSA) is 68.7 Å². The van der Waals surface area contributed by atoms with E-state index in [1.54, 1.807) is 0 Å². The van der Waals surface area contributed by atoms with E-state index >= 15 is 0 Å². The first-order valence-corrected chi connectivity index (χ1v) is 10.1. The third kappa shape index (κ3) is 3.83. The van der Waals surface area contributed by atoms with Crippen LogP contribution in [0.3, 0.4) is 0 Å². The van der Waals surface area contributed by atoms with Crippen LogP contribution in [0.25, 0.3) is 0 Å². The van der Waals surface area contributed by atoms with Gasteiger partial charge in [0.1, 0.15) is 5.82 Å². The number of benzene rings is 1. The van der Waals surface area contributed by atoms with E-state index < -0.39 is 0 Å². The molecule has 1 aromatic carbocycles. The number of pyridine rings is 1. The molecule has 0 unspecified atom stereocenters. The Morgan fingerprint density at radius 2 is 1.86 bits per heavy atom. The lowest BCUT2D eigenvalue weighted by atomic mass is 10.0. The molecule has 2 aliphatic heterocycles. The minimum Gasteiger partial charge on any atom is -0.393 e. The summed E-state index contributed by atoms with van der Waals surface area (Å²) in [7, 11) is 0. The molecule has 2 aliphatic rings. The van der Waals surface area contributed by atoms with Crippen molar-refractivity contribution in [2.45, 2.75) is 51.7 Å². The molecular weight excluding hydrogens is 352 g/mol. The minimum absolute atomic E-state index is 0.129. The quantitative estimate of drug-likeness (QED) is 0.850. The average molecular weight is 380 g/mol. The fourth-order valence-electron chi connectivity index (χ4n) is 4.05. The van der Waals surface area contributed by atoms with Gasteiger partial charge in [-0.05, 0) is 62.9 Å². The van der Waals surface area contributed by atoms with Crippen molar-refractivity contribution in [1.82, 2.24) is 4.98 Å². The highest BCUT2D eigenvalue weighted by molar-refractivity contribution is 5.97. The highest BCUT2D eigenvalue weighted by Gasteiger charge is 2.27. The smallest absolute Gasteiger partial charge is 0.227 e. The third-order valence-electron chi connectivity index (χ3n) is 5.58. The second-order valence-corrected chi connectivity index (χ2v) is 7.95. The second-order valence-electron chi connectivity index (χ2n) is 7.95. The van der Waals surface area contributed by atoms with E-state index in [2.05, 4.69) is 27.3 Å². The number of carbonyl (C=O) groups is 1. The van der Waals surface area contributed by atoms with Crippen LogP contribution in [-0.4, -0.2) is 41.2 Å². The summed E-state index contributed by atoms with van der Waals surface area (Å²) in [5.74, 6) is 0.920. The molecule has 2 aromatic rings. The zero-order valence-electron chi connectivity index (χ0n) is 16.6. The number of aromatic nitrogens is 1. The van der Waals surface area contributed by atoms with Crippen LogP contribution in [-0.2, 0) is 11.2 Å². The van der Waals surface area contributed by atoms with E-state index in [0.717, 1.165) is 55.1 Å². The normalized spacial score (nSPS) is 17.8. The van der Waals surface area contributed by atoms with Crippen LogP contribution in [0, 0.1) is 0 Å². The van der Waals surface area contributed by atoms with Crippen molar-refractivity contribution in [2.75, 3.05) is 28.2 Å². The molecule has 1 saturated heterocycles. The van der Waals surface area contributed by atoms with Crippen LogP contribution in [0.1, 0.15) is 38.7 Å². The summed E-state index contributed by atoms with van der Waals surface area (Å²) in [6, 6.07) is 10.4. The van der Waals surface area contributed by atoms with E-state index in [9.17, 15) is 9.90 Å². The van der Waals surface area contributed by atoms with Crippen LogP contribution in [0.5, 0.6) is 0 Å². The van der Waals surface area contributed by atoms with Gasteiger partial charge in [0.25, 0.3) is 0 Å². The lowest BCUT2D eigenvalue weighted by Gasteiger charge is -2.32. The maximum Gasteiger partial charge on any atom is 0.227 e. The largest absolute Gasteiger partial charge is 0.393 e. The number of fused-ring (bicyclic) bond motifs is 1. The third-order valence-corrected chi connectivity index (χ3v) is 5.58. The summed E-state index contributed by atoms with van der Waals surface area (Å²) in [6.45, 7) is 5.86. The van der Waals surface area contributed by atoms with Gasteiger partial charge in [0.05, 0.1) is 11.8 Å². The molecular formula is C22H28N4O2. The van der Waals surface area contributed by atoms with Crippen molar-refractivity contribution in [2.24, 2.45) is 0 Å². The first-order chi connectivity index (χ1) is 13.5. The van der Waals surface area contributed by atoms with Gasteiger partial charge in [-0.3, -0.25) is 4.79 Å². The van der Waals surface area contributed by atoms with Crippen molar-refractivity contribution in [1.29, 1.82) is 0 Å². The summed E-state index contributed by atoms with van der Waals surface area (Å²) in [5, 5.41) is 13.0. The number of piperidine rings is 1. The van der Waals surface area contributed by atoms with Crippen molar-refractivity contribution < 1.29 is 9.90 Å². The Morgan fingerprint density at radius 1 is 1.14 bits per heavy atom. The molecule has 0 aliphatic carbocycles. The van der Waals surface area contributed by atoms with Gasteiger partial charge < -0.3 is 20.2 Å². The van der Waals surface area contributed by atoms with E-state index in [4.69, 9.17) is 0 Å². The molecule has 1 fully saturated rings. The van der Waals surface area contributed by atoms with Crippen molar-refractivity contribution >= 4 is 28.8 Å². The maximum atomic E-state index is 12.3. The zero-order valence-corrected chi connectivity index (χ0v) is 16.6. The van der Waals surface area contributed by atoms with Gasteiger partial charge in [0.15, 0.2) is 0 Å². The van der Waals surface area contributed by atoms with Crippen molar-refractivity contribution in [3.8, 4) is 0 Å². The lowest BCUT2D eigenvalue weighted by Crippen LogP contribution is -2.40. The molecule has 3 heterocycles. The Kier molecular flexibility index (Phi) is 5.22. The number of aliphatic hydroxyl groups is 1. The molecule has 6 nitrogen and oxygen atoms in total. The first kappa shape index (κ1) is 18.7. The molecule has 148 valence electrons. The fraction of sp³-hybridized carbons (Fsp3) is 0.455. The number of hydrogen-bond donors (Lipinski definition) is 2. The molecule has 2 N–H and O–H groups in total. The second kappa shape index (κ2) is 7.80. The number of aryl methyl sites for hydroxylation is 1. The monoisotopic (exact) mass is 380 g/mol. The lowest BCUT2D eigenvalue weighted by molar-refractivity contribution is -0.119. The SMILES string of the molecule is CC(C)N1C(=O)CCc2cnc(Nc3ccc(N4CCC(O)CC4)cc3)cc21. The Morgan fingerprint density at radius 3 is 2.54 bits per heavy atom. The number of aliphatic hydroxyl groups excluding tert-OH is 1.